The van der Waals surface area contributed by atoms with E-state index in [9.17, 15) is 18.7 Å². The molecule has 4 rings (SSSR count). The fraction of sp³-hybridized carbons (Fsp3) is 0.400. The molecule has 2 aromatic carbocycles. The third-order valence-electron chi connectivity index (χ3n) is 6.51. The van der Waals surface area contributed by atoms with Crippen LogP contribution in [0, 0.1) is 11.6 Å². The highest BCUT2D eigenvalue weighted by Gasteiger charge is 2.49. The van der Waals surface area contributed by atoms with Crippen LogP contribution in [0.3, 0.4) is 0 Å². The van der Waals surface area contributed by atoms with Crippen LogP contribution >= 0.6 is 0 Å². The monoisotopic (exact) mass is 441 g/mol. The summed E-state index contributed by atoms with van der Waals surface area (Å²) in [5.74, 6) is -1.18. The van der Waals surface area contributed by atoms with E-state index in [2.05, 4.69) is 34.5 Å². The van der Waals surface area contributed by atoms with Crippen LogP contribution in [0.2, 0.25) is 0 Å². The average molecular weight is 442 g/mol. The number of amides is 2. The number of hydrogen-bond donors (Lipinski definition) is 2. The molecule has 2 aromatic rings. The van der Waals surface area contributed by atoms with E-state index in [0.29, 0.717) is 13.1 Å². The lowest BCUT2D eigenvalue weighted by Crippen LogP contribution is -2.68. The molecule has 0 bridgehead atoms. The minimum atomic E-state index is -0.670. The number of aliphatic hydroxyl groups is 1. The number of benzene rings is 2. The van der Waals surface area contributed by atoms with Crippen LogP contribution in [0.1, 0.15) is 36.8 Å². The Morgan fingerprint density at radius 3 is 2.62 bits per heavy atom. The summed E-state index contributed by atoms with van der Waals surface area (Å²) in [6.45, 7) is 3.91. The van der Waals surface area contributed by atoms with Crippen molar-refractivity contribution in [2.75, 3.05) is 31.6 Å². The number of carbonyl (C=O) groups excluding carboxylic acids is 1. The van der Waals surface area contributed by atoms with Crippen LogP contribution in [0.5, 0.6) is 0 Å². The van der Waals surface area contributed by atoms with E-state index in [1.807, 2.05) is 19.1 Å². The van der Waals surface area contributed by atoms with E-state index in [1.54, 1.807) is 4.90 Å². The van der Waals surface area contributed by atoms with E-state index in [1.165, 1.54) is 0 Å². The predicted molar refractivity (Wildman–Crippen MR) is 121 cm³/mol. The zero-order chi connectivity index (χ0) is 22.7. The summed E-state index contributed by atoms with van der Waals surface area (Å²) >= 11 is 0. The Hall–Kier alpha value is -2.77. The lowest BCUT2D eigenvalue weighted by Gasteiger charge is -2.57. The van der Waals surface area contributed by atoms with Crippen molar-refractivity contribution in [3.8, 4) is 0 Å². The number of urea groups is 1. The number of carbonyl (C=O) groups is 1. The average Bonchev–Trinajstić information content (AvgIpc) is 2.76. The molecule has 2 saturated heterocycles. The zero-order valence-corrected chi connectivity index (χ0v) is 18.2. The first-order chi connectivity index (χ1) is 15.5. The third kappa shape index (κ3) is 4.54. The second kappa shape index (κ2) is 9.79. The van der Waals surface area contributed by atoms with E-state index in [-0.39, 0.29) is 30.3 Å². The summed E-state index contributed by atoms with van der Waals surface area (Å²) < 4.78 is 27.5. The van der Waals surface area contributed by atoms with Gasteiger partial charge in [-0.3, -0.25) is 4.90 Å². The molecule has 3 atom stereocenters. The molecule has 2 aliphatic rings. The Bertz CT molecular complexity index is 980. The summed E-state index contributed by atoms with van der Waals surface area (Å²) in [4.78, 5) is 16.9. The number of halogens is 2. The van der Waals surface area contributed by atoms with Crippen molar-refractivity contribution in [3.63, 3.8) is 0 Å². The fourth-order valence-corrected chi connectivity index (χ4v) is 4.93. The molecule has 0 saturated carbocycles. The maximum Gasteiger partial charge on any atom is 0.321 e. The molecule has 2 fully saturated rings. The summed E-state index contributed by atoms with van der Waals surface area (Å²) in [5.41, 5.74) is 2.09. The third-order valence-corrected chi connectivity index (χ3v) is 6.51. The highest BCUT2D eigenvalue weighted by Crippen LogP contribution is 2.42. The van der Waals surface area contributed by atoms with Gasteiger partial charge in [0.25, 0.3) is 0 Å². The minimum Gasteiger partial charge on any atom is -0.395 e. The van der Waals surface area contributed by atoms with Gasteiger partial charge in [-0.1, -0.05) is 36.4 Å². The molecule has 0 unspecified atom stereocenters. The smallest absolute Gasteiger partial charge is 0.321 e. The molecule has 5 nitrogen and oxygen atoms in total. The quantitative estimate of drug-likeness (QED) is 0.737. The van der Waals surface area contributed by atoms with E-state index < -0.39 is 17.7 Å². The van der Waals surface area contributed by atoms with E-state index in [0.717, 1.165) is 48.7 Å². The summed E-state index contributed by atoms with van der Waals surface area (Å²) in [6, 6.07) is 10.9. The predicted octanol–water partition coefficient (Wildman–Crippen LogP) is 4.45. The maximum atomic E-state index is 14.0. The Balaban J connectivity index is 1.53. The molecular formula is C25H29F2N3O2. The van der Waals surface area contributed by atoms with Gasteiger partial charge < -0.3 is 15.3 Å². The van der Waals surface area contributed by atoms with Gasteiger partial charge >= 0.3 is 6.03 Å². The molecule has 0 aliphatic carbocycles. The first kappa shape index (κ1) is 22.4. The number of fused-ring (bicyclic) bond motifs is 1. The first-order valence-corrected chi connectivity index (χ1v) is 11.1. The van der Waals surface area contributed by atoms with Crippen molar-refractivity contribution in [2.45, 2.75) is 37.8 Å². The summed E-state index contributed by atoms with van der Waals surface area (Å²) in [7, 11) is 0. The standard InChI is InChI=1S/C25H29F2N3O2/c1-2-5-17-6-8-18(9-7-17)24-22-15-29(12-3-4-13-30(22)23(24)16-31)25(32)28-21-14-19(26)10-11-20(21)27/h2,5-11,14,22-24,31H,3-4,12-13,15-16H2,1H3,(H,28,32)/b5-2+/t22-,23-,24+/m0/s1. The SMILES string of the molecule is C/C=C/c1ccc([C@H]2[C@H](CO)N3CCCCN(C(=O)Nc4cc(F)ccc4F)C[C@@H]23)cc1. The Morgan fingerprint density at radius 2 is 1.91 bits per heavy atom. The van der Waals surface area contributed by atoms with Crippen molar-refractivity contribution in [3.05, 3.63) is 71.3 Å². The topological polar surface area (TPSA) is 55.8 Å². The molecule has 2 N–H and O–H groups in total. The first-order valence-electron chi connectivity index (χ1n) is 11.1. The molecule has 0 spiro atoms. The second-order valence-electron chi connectivity index (χ2n) is 8.45. The fourth-order valence-electron chi connectivity index (χ4n) is 4.93. The molecule has 2 amide bonds. The van der Waals surface area contributed by atoms with Crippen LogP contribution in [-0.4, -0.2) is 59.3 Å². The summed E-state index contributed by atoms with van der Waals surface area (Å²) in [5, 5.41) is 12.6. The maximum absolute atomic E-state index is 14.0. The molecule has 7 heteroatoms. The number of hydrogen-bond acceptors (Lipinski definition) is 3. The highest BCUT2D eigenvalue weighted by molar-refractivity contribution is 5.89. The normalized spacial score (nSPS) is 23.9. The number of anilines is 1. The molecule has 0 radical (unpaired) electrons. The molecule has 32 heavy (non-hydrogen) atoms. The number of allylic oxidation sites excluding steroid dienone is 1. The molecule has 170 valence electrons. The second-order valence-corrected chi connectivity index (χ2v) is 8.45. The van der Waals surface area contributed by atoms with Crippen molar-refractivity contribution in [2.24, 2.45) is 0 Å². The van der Waals surface area contributed by atoms with Gasteiger partial charge in [0.2, 0.25) is 0 Å². The molecule has 2 heterocycles. The van der Waals surface area contributed by atoms with Gasteiger partial charge in [-0.15, -0.1) is 0 Å². The number of nitrogens with one attached hydrogen (secondary N) is 1. The highest BCUT2D eigenvalue weighted by atomic mass is 19.1. The van der Waals surface area contributed by atoms with Gasteiger partial charge in [0.15, 0.2) is 0 Å². The van der Waals surface area contributed by atoms with Crippen LogP contribution in [0.25, 0.3) is 6.08 Å². The molecule has 2 aliphatic heterocycles. The van der Waals surface area contributed by atoms with Crippen molar-refractivity contribution < 1.29 is 18.7 Å². The number of nitrogens with zero attached hydrogens (tertiary/aromatic N) is 2. The Morgan fingerprint density at radius 1 is 1.16 bits per heavy atom. The van der Waals surface area contributed by atoms with E-state index >= 15 is 0 Å². The van der Waals surface area contributed by atoms with Gasteiger partial charge in [-0.05, 0) is 49.6 Å². The van der Waals surface area contributed by atoms with Crippen molar-refractivity contribution in [1.82, 2.24) is 9.80 Å². The van der Waals surface area contributed by atoms with Gasteiger partial charge in [0, 0.05) is 37.2 Å². The van der Waals surface area contributed by atoms with Gasteiger partial charge in [-0.2, -0.15) is 0 Å². The Labute approximate surface area is 187 Å². The van der Waals surface area contributed by atoms with Crippen molar-refractivity contribution >= 4 is 17.8 Å². The van der Waals surface area contributed by atoms with Crippen LogP contribution < -0.4 is 5.32 Å². The zero-order valence-electron chi connectivity index (χ0n) is 18.2. The molecule has 0 aromatic heterocycles. The van der Waals surface area contributed by atoms with Crippen LogP contribution in [0.15, 0.2) is 48.5 Å². The minimum absolute atomic E-state index is 0.0104. The Kier molecular flexibility index (Phi) is 6.86. The van der Waals surface area contributed by atoms with Gasteiger partial charge in [0.1, 0.15) is 11.6 Å². The number of rotatable bonds is 4. The lowest BCUT2D eigenvalue weighted by atomic mass is 9.74. The molecular weight excluding hydrogens is 412 g/mol. The van der Waals surface area contributed by atoms with Crippen LogP contribution in [0.4, 0.5) is 19.3 Å². The van der Waals surface area contributed by atoms with Crippen molar-refractivity contribution in [1.29, 1.82) is 0 Å². The van der Waals surface area contributed by atoms with Gasteiger partial charge in [-0.25, -0.2) is 13.6 Å². The largest absolute Gasteiger partial charge is 0.395 e. The van der Waals surface area contributed by atoms with E-state index in [4.69, 9.17) is 0 Å². The number of aliphatic hydroxyl groups excluding tert-OH is 1. The summed E-state index contributed by atoms with van der Waals surface area (Å²) in [6.07, 6.45) is 5.73. The van der Waals surface area contributed by atoms with Gasteiger partial charge in [0.05, 0.1) is 12.3 Å². The van der Waals surface area contributed by atoms with Crippen LogP contribution in [-0.2, 0) is 0 Å². The lowest BCUT2D eigenvalue weighted by molar-refractivity contribution is -0.0585.